The molecule has 1 fully saturated rings. The van der Waals surface area contributed by atoms with E-state index in [1.807, 2.05) is 30.0 Å². The molecule has 3 nitrogen and oxygen atoms in total. The Labute approximate surface area is 107 Å². The van der Waals surface area contributed by atoms with Gasteiger partial charge in [-0.15, -0.1) is 12.6 Å². The number of piperidine rings is 1. The molecule has 0 radical (unpaired) electrons. The van der Waals surface area contributed by atoms with Crippen molar-refractivity contribution in [2.24, 2.45) is 5.73 Å². The molecule has 4 heteroatoms. The number of carbonyl (C=O) groups excluding carboxylic acids is 1. The molecule has 1 saturated heterocycles. The zero-order valence-electron chi connectivity index (χ0n) is 10.0. The van der Waals surface area contributed by atoms with Crippen LogP contribution in [0.2, 0.25) is 0 Å². The number of nitrogens with zero attached hydrogens (tertiary/aromatic N) is 1. The SMILES string of the molecule is Cc1ccc(S)cc1C(=O)N1CCCC(N)C1. The van der Waals surface area contributed by atoms with E-state index in [1.165, 1.54) is 0 Å². The number of thiol groups is 1. The third kappa shape index (κ3) is 2.82. The highest BCUT2D eigenvalue weighted by Crippen LogP contribution is 2.18. The van der Waals surface area contributed by atoms with Gasteiger partial charge in [0.1, 0.15) is 0 Å². The Morgan fingerprint density at radius 1 is 1.53 bits per heavy atom. The van der Waals surface area contributed by atoms with Crippen LogP contribution in [0.25, 0.3) is 0 Å². The van der Waals surface area contributed by atoms with E-state index in [1.54, 1.807) is 0 Å². The molecule has 92 valence electrons. The first-order valence-electron chi connectivity index (χ1n) is 5.92. The Kier molecular flexibility index (Phi) is 3.74. The van der Waals surface area contributed by atoms with Crippen LogP contribution < -0.4 is 5.73 Å². The predicted octanol–water partition coefficient (Wildman–Crippen LogP) is 1.85. The maximum absolute atomic E-state index is 12.4. The standard InChI is InChI=1S/C13H18N2OS/c1-9-4-5-11(17)7-12(9)13(16)15-6-2-3-10(14)8-15/h4-5,7,10,17H,2-3,6,8,14H2,1H3. The normalized spacial score (nSPS) is 20.4. The van der Waals surface area contributed by atoms with Crippen LogP contribution in [0.5, 0.6) is 0 Å². The van der Waals surface area contributed by atoms with Crippen molar-refractivity contribution in [3.8, 4) is 0 Å². The smallest absolute Gasteiger partial charge is 0.254 e. The molecule has 1 amide bonds. The summed E-state index contributed by atoms with van der Waals surface area (Å²) in [7, 11) is 0. The summed E-state index contributed by atoms with van der Waals surface area (Å²) < 4.78 is 0. The van der Waals surface area contributed by atoms with Crippen LogP contribution in [0, 0.1) is 6.92 Å². The van der Waals surface area contributed by atoms with Gasteiger partial charge in [-0.1, -0.05) is 6.07 Å². The van der Waals surface area contributed by atoms with Crippen LogP contribution in [0.3, 0.4) is 0 Å². The lowest BCUT2D eigenvalue weighted by Gasteiger charge is -2.31. The maximum atomic E-state index is 12.4. The largest absolute Gasteiger partial charge is 0.337 e. The monoisotopic (exact) mass is 250 g/mol. The molecular formula is C13H18N2OS. The lowest BCUT2D eigenvalue weighted by atomic mass is 10.0. The summed E-state index contributed by atoms with van der Waals surface area (Å²) in [5, 5.41) is 0. The van der Waals surface area contributed by atoms with Gasteiger partial charge in [0.15, 0.2) is 0 Å². The molecule has 0 saturated carbocycles. The average molecular weight is 250 g/mol. The summed E-state index contributed by atoms with van der Waals surface area (Å²) in [5.74, 6) is 0.0774. The molecule has 1 aromatic rings. The van der Waals surface area contributed by atoms with Crippen molar-refractivity contribution in [1.82, 2.24) is 4.90 Å². The average Bonchev–Trinajstić information content (AvgIpc) is 2.31. The van der Waals surface area contributed by atoms with Crippen molar-refractivity contribution in [1.29, 1.82) is 0 Å². The summed E-state index contributed by atoms with van der Waals surface area (Å²) in [5.41, 5.74) is 7.63. The van der Waals surface area contributed by atoms with E-state index in [0.29, 0.717) is 6.54 Å². The summed E-state index contributed by atoms with van der Waals surface area (Å²) in [6.45, 7) is 3.42. The second-order valence-electron chi connectivity index (χ2n) is 4.65. The highest BCUT2D eigenvalue weighted by Gasteiger charge is 2.23. The van der Waals surface area contributed by atoms with Gasteiger partial charge >= 0.3 is 0 Å². The number of aryl methyl sites for hydroxylation is 1. The minimum absolute atomic E-state index is 0.0774. The molecule has 17 heavy (non-hydrogen) atoms. The molecule has 1 aliphatic rings. The first-order valence-corrected chi connectivity index (χ1v) is 6.37. The van der Waals surface area contributed by atoms with Gasteiger partial charge in [0.2, 0.25) is 0 Å². The molecule has 1 atom stereocenters. The summed E-state index contributed by atoms with van der Waals surface area (Å²) in [6, 6.07) is 5.78. The minimum Gasteiger partial charge on any atom is -0.337 e. The third-order valence-electron chi connectivity index (χ3n) is 3.20. The number of carbonyl (C=O) groups is 1. The van der Waals surface area contributed by atoms with E-state index >= 15 is 0 Å². The zero-order chi connectivity index (χ0) is 12.4. The van der Waals surface area contributed by atoms with Crippen molar-refractivity contribution in [3.63, 3.8) is 0 Å². The molecule has 2 rings (SSSR count). The fraction of sp³-hybridized carbons (Fsp3) is 0.462. The molecule has 1 aliphatic heterocycles. The van der Waals surface area contributed by atoms with Gasteiger partial charge in [-0.3, -0.25) is 4.79 Å². The first-order chi connectivity index (χ1) is 8.08. The van der Waals surface area contributed by atoms with E-state index in [-0.39, 0.29) is 11.9 Å². The zero-order valence-corrected chi connectivity index (χ0v) is 10.9. The number of benzene rings is 1. The maximum Gasteiger partial charge on any atom is 0.254 e. The van der Waals surface area contributed by atoms with E-state index in [4.69, 9.17) is 5.73 Å². The van der Waals surface area contributed by atoms with Crippen molar-refractivity contribution in [2.45, 2.75) is 30.7 Å². The number of amides is 1. The minimum atomic E-state index is 0.0774. The van der Waals surface area contributed by atoms with Gasteiger partial charge in [-0.25, -0.2) is 0 Å². The van der Waals surface area contributed by atoms with E-state index < -0.39 is 0 Å². The highest BCUT2D eigenvalue weighted by molar-refractivity contribution is 7.80. The Hall–Kier alpha value is -1.00. The Morgan fingerprint density at radius 3 is 3.00 bits per heavy atom. The van der Waals surface area contributed by atoms with Crippen molar-refractivity contribution < 1.29 is 4.79 Å². The molecule has 1 heterocycles. The number of likely N-dealkylation sites (tertiary alicyclic amines) is 1. The molecule has 0 aliphatic carbocycles. The van der Waals surface area contributed by atoms with Gasteiger partial charge in [0.25, 0.3) is 5.91 Å². The summed E-state index contributed by atoms with van der Waals surface area (Å²) >= 11 is 4.28. The fourth-order valence-corrected chi connectivity index (χ4v) is 2.41. The van der Waals surface area contributed by atoms with Crippen LogP contribution in [0.15, 0.2) is 23.1 Å². The Bertz CT molecular complexity index is 433. The van der Waals surface area contributed by atoms with Gasteiger partial charge in [0.05, 0.1) is 0 Å². The number of hydrogen-bond acceptors (Lipinski definition) is 3. The second kappa shape index (κ2) is 5.10. The van der Waals surface area contributed by atoms with Crippen molar-refractivity contribution in [2.75, 3.05) is 13.1 Å². The van der Waals surface area contributed by atoms with Gasteiger partial charge in [0, 0.05) is 29.6 Å². The molecule has 0 spiro atoms. The Morgan fingerprint density at radius 2 is 2.29 bits per heavy atom. The fourth-order valence-electron chi connectivity index (χ4n) is 2.21. The Balaban J connectivity index is 2.21. The van der Waals surface area contributed by atoms with Crippen LogP contribution >= 0.6 is 12.6 Å². The molecule has 2 N–H and O–H groups in total. The molecule has 1 aromatic carbocycles. The highest BCUT2D eigenvalue weighted by atomic mass is 32.1. The topological polar surface area (TPSA) is 46.3 Å². The predicted molar refractivity (Wildman–Crippen MR) is 71.5 cm³/mol. The van der Waals surface area contributed by atoms with E-state index in [2.05, 4.69) is 12.6 Å². The second-order valence-corrected chi connectivity index (χ2v) is 5.17. The number of nitrogens with two attached hydrogens (primary N) is 1. The van der Waals surface area contributed by atoms with Gasteiger partial charge in [-0.2, -0.15) is 0 Å². The summed E-state index contributed by atoms with van der Waals surface area (Å²) in [6.07, 6.45) is 2.00. The first kappa shape index (κ1) is 12.5. The summed E-state index contributed by atoms with van der Waals surface area (Å²) in [4.78, 5) is 15.0. The quantitative estimate of drug-likeness (QED) is 0.747. The third-order valence-corrected chi connectivity index (χ3v) is 3.47. The lowest BCUT2D eigenvalue weighted by molar-refractivity contribution is 0.0708. The van der Waals surface area contributed by atoms with Crippen LogP contribution in [0.1, 0.15) is 28.8 Å². The van der Waals surface area contributed by atoms with Crippen molar-refractivity contribution in [3.05, 3.63) is 29.3 Å². The van der Waals surface area contributed by atoms with E-state index in [0.717, 1.165) is 35.4 Å². The lowest BCUT2D eigenvalue weighted by Crippen LogP contribution is -2.45. The number of hydrogen-bond donors (Lipinski definition) is 2. The van der Waals surface area contributed by atoms with Crippen LogP contribution in [-0.2, 0) is 0 Å². The van der Waals surface area contributed by atoms with Crippen molar-refractivity contribution >= 4 is 18.5 Å². The molecule has 1 unspecified atom stereocenters. The van der Waals surface area contributed by atoms with E-state index in [9.17, 15) is 4.79 Å². The van der Waals surface area contributed by atoms with Crippen LogP contribution in [-0.4, -0.2) is 29.9 Å². The van der Waals surface area contributed by atoms with Gasteiger partial charge < -0.3 is 10.6 Å². The number of rotatable bonds is 1. The molecular weight excluding hydrogens is 232 g/mol. The molecule has 0 bridgehead atoms. The van der Waals surface area contributed by atoms with Crippen LogP contribution in [0.4, 0.5) is 0 Å². The molecule has 0 aromatic heterocycles. The van der Waals surface area contributed by atoms with Gasteiger partial charge in [-0.05, 0) is 37.5 Å².